The first-order valence-electron chi connectivity index (χ1n) is 13.1. The van der Waals surface area contributed by atoms with Gasteiger partial charge in [0.1, 0.15) is 0 Å². The molecule has 0 spiro atoms. The Kier molecular flexibility index (Phi) is 10.4. The van der Waals surface area contributed by atoms with E-state index in [0.29, 0.717) is 50.4 Å². The van der Waals surface area contributed by atoms with Crippen LogP contribution in [0.4, 0.5) is 22.8 Å². The summed E-state index contributed by atoms with van der Waals surface area (Å²) in [5.74, 6) is -0.665. The molecule has 2 aliphatic rings. The van der Waals surface area contributed by atoms with Gasteiger partial charge in [-0.15, -0.1) is 6.58 Å². The van der Waals surface area contributed by atoms with Crippen LogP contribution in [0.3, 0.4) is 0 Å². The number of hydrogen-bond donors (Lipinski definition) is 2. The monoisotopic (exact) mass is 551 g/mol. The van der Waals surface area contributed by atoms with E-state index in [-0.39, 0.29) is 31.3 Å². The molecule has 9 nitrogen and oxygen atoms in total. The molecule has 1 saturated heterocycles. The number of nitrogens with one attached hydrogen (secondary N) is 2. The van der Waals surface area contributed by atoms with Gasteiger partial charge in [0.25, 0.3) is 0 Å². The van der Waals surface area contributed by atoms with Gasteiger partial charge in [0.05, 0.1) is 23.8 Å². The molecule has 39 heavy (non-hydrogen) atoms. The number of ether oxygens (including phenoxy) is 1. The highest BCUT2D eigenvalue weighted by Gasteiger charge is 2.39. The molecule has 1 aromatic carbocycles. The van der Waals surface area contributed by atoms with Crippen molar-refractivity contribution in [2.24, 2.45) is 0 Å². The van der Waals surface area contributed by atoms with Gasteiger partial charge in [-0.3, -0.25) is 9.80 Å². The molecule has 0 aliphatic carbocycles. The fourth-order valence-electron chi connectivity index (χ4n) is 4.65. The van der Waals surface area contributed by atoms with E-state index in [4.69, 9.17) is 4.74 Å². The molecule has 0 radical (unpaired) electrons. The SMILES string of the molecule is C=CCN1C(=O)NC(c2ccc(C(F)(F)F)cc2)C(C(=O)OCC)=C1CN1CCCN(C(=O)NCCC)CC1. The summed E-state index contributed by atoms with van der Waals surface area (Å²) in [6, 6.07) is 2.73. The van der Waals surface area contributed by atoms with Gasteiger partial charge in [-0.05, 0) is 37.5 Å². The van der Waals surface area contributed by atoms with Crippen molar-refractivity contribution in [3.05, 3.63) is 59.3 Å². The van der Waals surface area contributed by atoms with Gasteiger partial charge in [-0.1, -0.05) is 25.1 Å². The Morgan fingerprint density at radius 2 is 1.87 bits per heavy atom. The van der Waals surface area contributed by atoms with Crippen LogP contribution in [0.5, 0.6) is 0 Å². The van der Waals surface area contributed by atoms with Crippen LogP contribution in [0.25, 0.3) is 0 Å². The van der Waals surface area contributed by atoms with Crippen molar-refractivity contribution in [3.63, 3.8) is 0 Å². The van der Waals surface area contributed by atoms with Crippen LogP contribution >= 0.6 is 0 Å². The summed E-state index contributed by atoms with van der Waals surface area (Å²) in [5.41, 5.74) is 0.0381. The maximum atomic E-state index is 13.3. The summed E-state index contributed by atoms with van der Waals surface area (Å²) in [7, 11) is 0. The molecular formula is C27H36F3N5O4. The highest BCUT2D eigenvalue weighted by molar-refractivity contribution is 5.95. The number of alkyl halides is 3. The predicted molar refractivity (Wildman–Crippen MR) is 140 cm³/mol. The van der Waals surface area contributed by atoms with Crippen molar-refractivity contribution in [1.82, 2.24) is 25.3 Å². The molecule has 0 saturated carbocycles. The summed E-state index contributed by atoms with van der Waals surface area (Å²) >= 11 is 0. The highest BCUT2D eigenvalue weighted by Crippen LogP contribution is 2.35. The molecule has 1 fully saturated rings. The van der Waals surface area contributed by atoms with E-state index < -0.39 is 29.8 Å². The average molecular weight is 552 g/mol. The Bertz CT molecular complexity index is 1070. The number of amides is 4. The lowest BCUT2D eigenvalue weighted by Gasteiger charge is -2.38. The quantitative estimate of drug-likeness (QED) is 0.359. The van der Waals surface area contributed by atoms with E-state index in [1.165, 1.54) is 23.1 Å². The van der Waals surface area contributed by atoms with Crippen molar-refractivity contribution in [2.45, 2.75) is 38.9 Å². The topological polar surface area (TPSA) is 94.2 Å². The second-order valence-electron chi connectivity index (χ2n) is 9.33. The van der Waals surface area contributed by atoms with E-state index in [1.807, 2.05) is 6.92 Å². The molecule has 1 aromatic rings. The third-order valence-corrected chi connectivity index (χ3v) is 6.59. The smallest absolute Gasteiger partial charge is 0.416 e. The first-order chi connectivity index (χ1) is 18.6. The number of rotatable bonds is 9. The van der Waals surface area contributed by atoms with E-state index >= 15 is 0 Å². The summed E-state index contributed by atoms with van der Waals surface area (Å²) in [4.78, 5) is 44.2. The second kappa shape index (κ2) is 13.5. The van der Waals surface area contributed by atoms with Crippen molar-refractivity contribution in [2.75, 3.05) is 52.4 Å². The summed E-state index contributed by atoms with van der Waals surface area (Å²) < 4.78 is 44.8. The third kappa shape index (κ3) is 7.53. The average Bonchev–Trinajstić information content (AvgIpc) is 3.14. The molecule has 3 rings (SSSR count). The van der Waals surface area contributed by atoms with E-state index in [1.54, 1.807) is 11.8 Å². The number of hydrogen-bond acceptors (Lipinski definition) is 5. The van der Waals surface area contributed by atoms with E-state index in [2.05, 4.69) is 22.1 Å². The van der Waals surface area contributed by atoms with Crippen LogP contribution in [0.2, 0.25) is 0 Å². The minimum atomic E-state index is -4.52. The zero-order chi connectivity index (χ0) is 28.6. The van der Waals surface area contributed by atoms with Gasteiger partial charge < -0.3 is 20.3 Å². The first kappa shape index (κ1) is 30.0. The number of carbonyl (C=O) groups excluding carboxylic acids is 3. The van der Waals surface area contributed by atoms with Crippen molar-refractivity contribution in [3.8, 4) is 0 Å². The zero-order valence-corrected chi connectivity index (χ0v) is 22.4. The molecule has 214 valence electrons. The Morgan fingerprint density at radius 3 is 2.49 bits per heavy atom. The molecule has 4 amide bonds. The van der Waals surface area contributed by atoms with E-state index in [9.17, 15) is 27.6 Å². The van der Waals surface area contributed by atoms with Crippen LogP contribution in [0, 0.1) is 0 Å². The molecule has 2 aliphatic heterocycles. The molecular weight excluding hydrogens is 515 g/mol. The van der Waals surface area contributed by atoms with Gasteiger partial charge in [-0.2, -0.15) is 13.2 Å². The number of urea groups is 2. The molecule has 1 atom stereocenters. The van der Waals surface area contributed by atoms with E-state index in [0.717, 1.165) is 18.6 Å². The number of nitrogens with zero attached hydrogens (tertiary/aromatic N) is 3. The fourth-order valence-corrected chi connectivity index (χ4v) is 4.65. The maximum absolute atomic E-state index is 13.3. The van der Waals surface area contributed by atoms with Crippen LogP contribution in [0.1, 0.15) is 43.9 Å². The lowest BCUT2D eigenvalue weighted by Crippen LogP contribution is -2.51. The zero-order valence-electron chi connectivity index (χ0n) is 22.4. The second-order valence-corrected chi connectivity index (χ2v) is 9.33. The molecule has 0 aromatic heterocycles. The van der Waals surface area contributed by atoms with Crippen molar-refractivity contribution < 1.29 is 32.3 Å². The minimum Gasteiger partial charge on any atom is -0.463 e. The number of esters is 1. The largest absolute Gasteiger partial charge is 0.463 e. The van der Waals surface area contributed by atoms with Gasteiger partial charge in [0.2, 0.25) is 0 Å². The predicted octanol–water partition coefficient (Wildman–Crippen LogP) is 3.90. The Labute approximate surface area is 226 Å². The van der Waals surface area contributed by atoms with Gasteiger partial charge >= 0.3 is 24.2 Å². The molecule has 1 unspecified atom stereocenters. The fraction of sp³-hybridized carbons (Fsp3) is 0.519. The number of carbonyl (C=O) groups is 3. The summed E-state index contributed by atoms with van der Waals surface area (Å²) in [6.45, 7) is 10.5. The van der Waals surface area contributed by atoms with Crippen LogP contribution in [0.15, 0.2) is 48.2 Å². The highest BCUT2D eigenvalue weighted by atomic mass is 19.4. The molecule has 0 bridgehead atoms. The lowest BCUT2D eigenvalue weighted by atomic mass is 9.93. The Balaban J connectivity index is 1.97. The summed E-state index contributed by atoms with van der Waals surface area (Å²) in [5, 5.41) is 5.64. The lowest BCUT2D eigenvalue weighted by molar-refractivity contribution is -0.139. The Morgan fingerprint density at radius 1 is 1.15 bits per heavy atom. The first-order valence-corrected chi connectivity index (χ1v) is 13.1. The van der Waals surface area contributed by atoms with Gasteiger partial charge in [-0.25, -0.2) is 14.4 Å². The summed E-state index contributed by atoms with van der Waals surface area (Å²) in [6.07, 6.45) is -1.47. The van der Waals surface area contributed by atoms with Crippen molar-refractivity contribution >= 4 is 18.0 Å². The van der Waals surface area contributed by atoms with Crippen LogP contribution in [-0.4, -0.2) is 85.2 Å². The maximum Gasteiger partial charge on any atom is 0.416 e. The van der Waals surface area contributed by atoms with Gasteiger partial charge in [0.15, 0.2) is 0 Å². The molecule has 12 heteroatoms. The number of halogens is 3. The number of benzene rings is 1. The van der Waals surface area contributed by atoms with Gasteiger partial charge in [0, 0.05) is 51.5 Å². The molecule has 2 heterocycles. The standard InChI is InChI=1S/C27H36F3N5O4/c1-4-12-31-25(37)34-15-7-14-33(16-17-34)18-21-22(24(36)39-6-3)23(32-26(38)35(21)13-5-2)19-8-10-20(11-9-19)27(28,29)30/h5,8-11,23H,2,4,6-7,12-18H2,1,3H3,(H,31,37)(H,32,38). The Hall–Kier alpha value is -3.54. The normalized spacial score (nSPS) is 18.9. The van der Waals surface area contributed by atoms with Crippen LogP contribution < -0.4 is 10.6 Å². The minimum absolute atomic E-state index is 0.0797. The molecule has 2 N–H and O–H groups in total. The van der Waals surface area contributed by atoms with Crippen LogP contribution in [-0.2, 0) is 15.7 Å². The van der Waals surface area contributed by atoms with Crippen molar-refractivity contribution in [1.29, 1.82) is 0 Å². The third-order valence-electron chi connectivity index (χ3n) is 6.59.